The fourth-order valence-corrected chi connectivity index (χ4v) is 2.55. The second-order valence-electron chi connectivity index (χ2n) is 4.71. The van der Waals surface area contributed by atoms with Crippen molar-refractivity contribution in [2.24, 2.45) is 0 Å². The Morgan fingerprint density at radius 2 is 1.90 bits per heavy atom. The van der Waals surface area contributed by atoms with Gasteiger partial charge in [-0.25, -0.2) is 8.78 Å². The minimum Gasteiger partial charge on any atom is -0.485 e. The maximum absolute atomic E-state index is 13.8. The number of benzene rings is 2. The topological polar surface area (TPSA) is 29.5 Å². The highest BCUT2D eigenvalue weighted by Gasteiger charge is 2.29. The van der Waals surface area contributed by atoms with Crippen LogP contribution in [0.4, 0.5) is 8.78 Å². The van der Waals surface area contributed by atoms with E-state index in [-0.39, 0.29) is 12.0 Å². The molecule has 1 aliphatic heterocycles. The first-order valence-corrected chi connectivity index (χ1v) is 6.51. The standard InChI is InChI=1S/C15H11ClF2O2/c16-8-1-4-14-11(5-8)13(19)7-15(20-14)10-3-2-9(17)6-12(10)18/h1-6,13,15,19H,7H2/t13-,15?/m1/s1. The van der Waals surface area contributed by atoms with Crippen LogP contribution in [0.5, 0.6) is 5.75 Å². The van der Waals surface area contributed by atoms with Crippen molar-refractivity contribution >= 4 is 11.6 Å². The molecule has 2 aromatic carbocycles. The van der Waals surface area contributed by atoms with Crippen molar-refractivity contribution in [3.8, 4) is 5.75 Å². The lowest BCUT2D eigenvalue weighted by Crippen LogP contribution is -2.20. The molecule has 2 aromatic rings. The van der Waals surface area contributed by atoms with E-state index in [0.29, 0.717) is 16.3 Å². The van der Waals surface area contributed by atoms with E-state index >= 15 is 0 Å². The lowest BCUT2D eigenvalue weighted by atomic mass is 9.95. The molecule has 0 amide bonds. The van der Waals surface area contributed by atoms with Gasteiger partial charge in [0.25, 0.3) is 0 Å². The molecule has 20 heavy (non-hydrogen) atoms. The van der Waals surface area contributed by atoms with E-state index in [2.05, 4.69) is 0 Å². The molecule has 1 aliphatic rings. The Morgan fingerprint density at radius 1 is 1.10 bits per heavy atom. The van der Waals surface area contributed by atoms with Crippen molar-refractivity contribution < 1.29 is 18.6 Å². The Labute approximate surface area is 119 Å². The Morgan fingerprint density at radius 3 is 2.65 bits per heavy atom. The minimum atomic E-state index is -0.799. The number of rotatable bonds is 1. The van der Waals surface area contributed by atoms with E-state index in [9.17, 15) is 13.9 Å². The molecule has 0 aliphatic carbocycles. The summed E-state index contributed by atoms with van der Waals surface area (Å²) in [5, 5.41) is 10.6. The minimum absolute atomic E-state index is 0.190. The number of aliphatic hydroxyl groups is 1. The summed E-state index contributed by atoms with van der Waals surface area (Å²) in [7, 11) is 0. The van der Waals surface area contributed by atoms with Crippen LogP contribution < -0.4 is 4.74 Å². The average molecular weight is 297 g/mol. The number of ether oxygens (including phenoxy) is 1. The fourth-order valence-electron chi connectivity index (χ4n) is 2.37. The van der Waals surface area contributed by atoms with Crippen LogP contribution in [0.1, 0.15) is 29.8 Å². The van der Waals surface area contributed by atoms with E-state index in [1.807, 2.05) is 0 Å². The van der Waals surface area contributed by atoms with E-state index in [0.717, 1.165) is 6.07 Å². The molecule has 2 atom stereocenters. The van der Waals surface area contributed by atoms with Gasteiger partial charge in [-0.1, -0.05) is 11.6 Å². The second kappa shape index (κ2) is 5.04. The van der Waals surface area contributed by atoms with Crippen LogP contribution in [-0.2, 0) is 0 Å². The number of halogens is 3. The van der Waals surface area contributed by atoms with Crippen LogP contribution >= 0.6 is 11.6 Å². The maximum atomic E-state index is 13.8. The quantitative estimate of drug-likeness (QED) is 0.855. The van der Waals surface area contributed by atoms with Gasteiger partial charge in [0.05, 0.1) is 6.10 Å². The van der Waals surface area contributed by atoms with Crippen LogP contribution in [0.25, 0.3) is 0 Å². The molecule has 104 valence electrons. The van der Waals surface area contributed by atoms with Crippen LogP contribution in [0.15, 0.2) is 36.4 Å². The zero-order chi connectivity index (χ0) is 14.3. The molecule has 0 aromatic heterocycles. The highest BCUT2D eigenvalue weighted by Crippen LogP contribution is 2.42. The van der Waals surface area contributed by atoms with Gasteiger partial charge >= 0.3 is 0 Å². The molecule has 3 rings (SSSR count). The molecular weight excluding hydrogens is 286 g/mol. The molecule has 5 heteroatoms. The molecular formula is C15H11ClF2O2. The summed E-state index contributed by atoms with van der Waals surface area (Å²) in [4.78, 5) is 0. The van der Waals surface area contributed by atoms with Gasteiger partial charge < -0.3 is 9.84 Å². The van der Waals surface area contributed by atoms with Crippen LogP contribution in [0.3, 0.4) is 0 Å². The first-order valence-electron chi connectivity index (χ1n) is 6.13. The van der Waals surface area contributed by atoms with Gasteiger partial charge in [0.2, 0.25) is 0 Å². The summed E-state index contributed by atoms with van der Waals surface area (Å²) >= 11 is 5.87. The summed E-state index contributed by atoms with van der Waals surface area (Å²) in [5.74, 6) is -0.865. The first kappa shape index (κ1) is 13.3. The van der Waals surface area contributed by atoms with E-state index < -0.39 is 23.8 Å². The smallest absolute Gasteiger partial charge is 0.133 e. The Bertz CT molecular complexity index is 660. The third-order valence-electron chi connectivity index (χ3n) is 3.35. The molecule has 0 saturated heterocycles. The van der Waals surface area contributed by atoms with Gasteiger partial charge in [-0.2, -0.15) is 0 Å². The zero-order valence-electron chi connectivity index (χ0n) is 10.3. The second-order valence-corrected chi connectivity index (χ2v) is 5.14. The molecule has 1 heterocycles. The lowest BCUT2D eigenvalue weighted by Gasteiger charge is -2.30. The monoisotopic (exact) mass is 296 g/mol. The predicted molar refractivity (Wildman–Crippen MR) is 70.8 cm³/mol. The third-order valence-corrected chi connectivity index (χ3v) is 3.58. The van der Waals surface area contributed by atoms with Crippen molar-refractivity contribution in [1.82, 2.24) is 0 Å². The van der Waals surface area contributed by atoms with Gasteiger partial charge in [-0.05, 0) is 30.3 Å². The average Bonchev–Trinajstić information content (AvgIpc) is 2.39. The number of hydrogen-bond donors (Lipinski definition) is 1. The van der Waals surface area contributed by atoms with Crippen molar-refractivity contribution in [3.63, 3.8) is 0 Å². The summed E-state index contributed by atoms with van der Waals surface area (Å²) in [6.07, 6.45) is -1.26. The third kappa shape index (κ3) is 2.37. The molecule has 0 spiro atoms. The van der Waals surface area contributed by atoms with Gasteiger partial charge in [0, 0.05) is 28.6 Å². The molecule has 2 nitrogen and oxygen atoms in total. The van der Waals surface area contributed by atoms with Crippen LogP contribution in [0.2, 0.25) is 5.02 Å². The number of aliphatic hydroxyl groups excluding tert-OH is 1. The maximum Gasteiger partial charge on any atom is 0.133 e. The number of fused-ring (bicyclic) bond motifs is 1. The zero-order valence-corrected chi connectivity index (χ0v) is 11.1. The normalized spacial score (nSPS) is 21.2. The van der Waals surface area contributed by atoms with E-state index in [1.165, 1.54) is 12.1 Å². The van der Waals surface area contributed by atoms with Gasteiger partial charge in [-0.15, -0.1) is 0 Å². The molecule has 0 radical (unpaired) electrons. The Hall–Kier alpha value is -1.65. The highest BCUT2D eigenvalue weighted by molar-refractivity contribution is 6.30. The van der Waals surface area contributed by atoms with Crippen LogP contribution in [0, 0.1) is 11.6 Å². The molecule has 0 bridgehead atoms. The predicted octanol–water partition coefficient (Wildman–Crippen LogP) is 4.18. The van der Waals surface area contributed by atoms with Crippen LogP contribution in [-0.4, -0.2) is 5.11 Å². The summed E-state index contributed by atoms with van der Waals surface area (Å²) in [5.41, 5.74) is 0.808. The molecule has 0 fully saturated rings. The fraction of sp³-hybridized carbons (Fsp3) is 0.200. The summed E-state index contributed by atoms with van der Waals surface area (Å²) < 4.78 is 32.4. The molecule has 1 N–H and O–H groups in total. The summed E-state index contributed by atoms with van der Waals surface area (Å²) in [6.45, 7) is 0. The number of hydrogen-bond acceptors (Lipinski definition) is 2. The van der Waals surface area contributed by atoms with E-state index in [4.69, 9.17) is 16.3 Å². The van der Waals surface area contributed by atoms with Gasteiger partial charge in [0.1, 0.15) is 23.5 Å². The highest BCUT2D eigenvalue weighted by atomic mass is 35.5. The van der Waals surface area contributed by atoms with Gasteiger partial charge in [0.15, 0.2) is 0 Å². The SMILES string of the molecule is O[C@@H]1CC(c2ccc(F)cc2F)Oc2ccc(Cl)cc21. The van der Waals surface area contributed by atoms with Gasteiger partial charge in [-0.3, -0.25) is 0 Å². The Kier molecular flexibility index (Phi) is 3.36. The van der Waals surface area contributed by atoms with Crippen molar-refractivity contribution in [2.45, 2.75) is 18.6 Å². The van der Waals surface area contributed by atoms with E-state index in [1.54, 1.807) is 18.2 Å². The summed E-state index contributed by atoms with van der Waals surface area (Å²) in [6, 6.07) is 8.21. The van der Waals surface area contributed by atoms with Crippen molar-refractivity contribution in [2.75, 3.05) is 0 Å². The molecule has 0 saturated carbocycles. The Balaban J connectivity index is 1.97. The first-order chi connectivity index (χ1) is 9.54. The van der Waals surface area contributed by atoms with Crippen molar-refractivity contribution in [3.05, 3.63) is 64.2 Å². The van der Waals surface area contributed by atoms with Crippen molar-refractivity contribution in [1.29, 1.82) is 0 Å². The largest absolute Gasteiger partial charge is 0.485 e. The lowest BCUT2D eigenvalue weighted by molar-refractivity contribution is 0.0640. The molecule has 1 unspecified atom stereocenters.